The predicted molar refractivity (Wildman–Crippen MR) is 123 cm³/mol. The standard InChI is InChI=1S/C27H28N2/c1-2-8-22(9-3-1)23-13-15-29(16-14-23)20-21-7-6-11-24(17-21)26-18-25-10-4-5-12-27(25)28-19-26/h1-5,8-13,18-19,21H,6-7,14-17,20H2. The van der Waals surface area contributed by atoms with Crippen LogP contribution in [-0.2, 0) is 0 Å². The Bertz CT molecular complexity index is 1050. The molecular formula is C27H28N2. The van der Waals surface area contributed by atoms with Crippen molar-refractivity contribution in [2.24, 2.45) is 5.92 Å². The molecule has 0 fully saturated rings. The molecule has 0 amide bonds. The Morgan fingerprint density at radius 3 is 2.62 bits per heavy atom. The highest BCUT2D eigenvalue weighted by atomic mass is 15.1. The zero-order chi connectivity index (χ0) is 19.5. The molecule has 0 spiro atoms. The van der Waals surface area contributed by atoms with Crippen LogP contribution in [-0.4, -0.2) is 29.5 Å². The monoisotopic (exact) mass is 380 g/mol. The molecule has 1 aliphatic heterocycles. The number of hydrogen-bond donors (Lipinski definition) is 0. The average Bonchev–Trinajstić information content (AvgIpc) is 2.80. The summed E-state index contributed by atoms with van der Waals surface area (Å²) in [7, 11) is 0. The zero-order valence-electron chi connectivity index (χ0n) is 16.9. The van der Waals surface area contributed by atoms with E-state index >= 15 is 0 Å². The fourth-order valence-corrected chi connectivity index (χ4v) is 4.78. The van der Waals surface area contributed by atoms with Gasteiger partial charge in [0.05, 0.1) is 5.52 Å². The second-order valence-electron chi connectivity index (χ2n) is 8.40. The summed E-state index contributed by atoms with van der Waals surface area (Å²) in [5.74, 6) is 0.744. The zero-order valence-corrected chi connectivity index (χ0v) is 16.9. The van der Waals surface area contributed by atoms with E-state index in [-0.39, 0.29) is 0 Å². The van der Waals surface area contributed by atoms with Gasteiger partial charge in [0.2, 0.25) is 0 Å². The van der Waals surface area contributed by atoms with Crippen molar-refractivity contribution in [1.82, 2.24) is 9.88 Å². The lowest BCUT2D eigenvalue weighted by Gasteiger charge is -2.32. The molecule has 0 N–H and O–H groups in total. The van der Waals surface area contributed by atoms with Gasteiger partial charge in [-0.25, -0.2) is 0 Å². The van der Waals surface area contributed by atoms with Crippen LogP contribution < -0.4 is 0 Å². The Labute approximate surface area is 173 Å². The average molecular weight is 381 g/mol. The number of aromatic nitrogens is 1. The molecule has 1 aromatic heterocycles. The number of allylic oxidation sites excluding steroid dienone is 2. The molecule has 29 heavy (non-hydrogen) atoms. The predicted octanol–water partition coefficient (Wildman–Crippen LogP) is 6.21. The molecule has 2 aromatic carbocycles. The summed E-state index contributed by atoms with van der Waals surface area (Å²) in [6.07, 6.45) is 11.8. The van der Waals surface area contributed by atoms with Crippen molar-refractivity contribution in [1.29, 1.82) is 0 Å². The molecule has 2 heterocycles. The van der Waals surface area contributed by atoms with Crippen LogP contribution in [0.2, 0.25) is 0 Å². The number of rotatable bonds is 4. The van der Waals surface area contributed by atoms with Crippen molar-refractivity contribution in [3.05, 3.63) is 90.1 Å². The molecule has 3 aromatic rings. The molecule has 1 aliphatic carbocycles. The second kappa shape index (κ2) is 8.34. The molecule has 1 unspecified atom stereocenters. The van der Waals surface area contributed by atoms with E-state index in [1.807, 2.05) is 0 Å². The lowest BCUT2D eigenvalue weighted by atomic mass is 9.85. The topological polar surface area (TPSA) is 16.1 Å². The van der Waals surface area contributed by atoms with Crippen LogP contribution in [0.4, 0.5) is 0 Å². The minimum Gasteiger partial charge on any atom is -0.299 e. The van der Waals surface area contributed by atoms with Crippen molar-refractivity contribution in [3.63, 3.8) is 0 Å². The van der Waals surface area contributed by atoms with E-state index in [1.54, 1.807) is 0 Å². The first-order chi connectivity index (χ1) is 14.3. The van der Waals surface area contributed by atoms with Crippen molar-refractivity contribution >= 4 is 22.0 Å². The molecule has 0 saturated heterocycles. The van der Waals surface area contributed by atoms with Gasteiger partial charge < -0.3 is 0 Å². The van der Waals surface area contributed by atoms with Gasteiger partial charge in [-0.15, -0.1) is 0 Å². The molecule has 0 saturated carbocycles. The Morgan fingerprint density at radius 2 is 1.76 bits per heavy atom. The third kappa shape index (κ3) is 4.18. The Kier molecular flexibility index (Phi) is 5.27. The Morgan fingerprint density at radius 1 is 0.897 bits per heavy atom. The van der Waals surface area contributed by atoms with Crippen LogP contribution >= 0.6 is 0 Å². The minimum absolute atomic E-state index is 0.744. The van der Waals surface area contributed by atoms with E-state index in [1.165, 1.54) is 60.0 Å². The van der Waals surface area contributed by atoms with Crippen LogP contribution in [0.1, 0.15) is 36.8 Å². The first-order valence-electron chi connectivity index (χ1n) is 10.9. The van der Waals surface area contributed by atoms with Gasteiger partial charge in [0, 0.05) is 31.2 Å². The summed E-state index contributed by atoms with van der Waals surface area (Å²) in [6, 6.07) is 21.6. The van der Waals surface area contributed by atoms with Crippen molar-refractivity contribution in [2.45, 2.75) is 25.7 Å². The van der Waals surface area contributed by atoms with Gasteiger partial charge in [0.15, 0.2) is 0 Å². The summed E-state index contributed by atoms with van der Waals surface area (Å²) in [6.45, 7) is 3.46. The number of pyridine rings is 1. The van der Waals surface area contributed by atoms with Crippen molar-refractivity contribution in [2.75, 3.05) is 19.6 Å². The molecule has 2 nitrogen and oxygen atoms in total. The molecule has 0 radical (unpaired) electrons. The third-order valence-electron chi connectivity index (χ3n) is 6.39. The minimum atomic E-state index is 0.744. The fourth-order valence-electron chi connectivity index (χ4n) is 4.78. The molecular weight excluding hydrogens is 352 g/mol. The second-order valence-corrected chi connectivity index (χ2v) is 8.40. The fraction of sp³-hybridized carbons (Fsp3) is 0.296. The van der Waals surface area contributed by atoms with E-state index < -0.39 is 0 Å². The molecule has 2 heteroatoms. The van der Waals surface area contributed by atoms with Gasteiger partial charge in [0.25, 0.3) is 0 Å². The van der Waals surface area contributed by atoms with Gasteiger partial charge in [-0.1, -0.05) is 60.7 Å². The van der Waals surface area contributed by atoms with Crippen LogP contribution in [0.3, 0.4) is 0 Å². The van der Waals surface area contributed by atoms with Crippen LogP contribution in [0.15, 0.2) is 79.0 Å². The number of benzene rings is 2. The first kappa shape index (κ1) is 18.3. The largest absolute Gasteiger partial charge is 0.299 e. The maximum absolute atomic E-state index is 4.68. The summed E-state index contributed by atoms with van der Waals surface area (Å²) in [5, 5.41) is 1.24. The maximum atomic E-state index is 4.68. The molecule has 0 bridgehead atoms. The van der Waals surface area contributed by atoms with E-state index in [0.29, 0.717) is 0 Å². The highest BCUT2D eigenvalue weighted by Gasteiger charge is 2.21. The van der Waals surface area contributed by atoms with Gasteiger partial charge >= 0.3 is 0 Å². The molecule has 1 atom stereocenters. The Balaban J connectivity index is 1.23. The third-order valence-corrected chi connectivity index (χ3v) is 6.39. The van der Waals surface area contributed by atoms with Crippen LogP contribution in [0.25, 0.3) is 22.0 Å². The quantitative estimate of drug-likeness (QED) is 0.535. The maximum Gasteiger partial charge on any atom is 0.0702 e. The number of para-hydroxylation sites is 1. The van der Waals surface area contributed by atoms with Crippen molar-refractivity contribution in [3.8, 4) is 0 Å². The van der Waals surface area contributed by atoms with Crippen LogP contribution in [0.5, 0.6) is 0 Å². The Hall–Kier alpha value is -2.71. The van der Waals surface area contributed by atoms with E-state index in [0.717, 1.165) is 24.4 Å². The van der Waals surface area contributed by atoms with Gasteiger partial charge in [-0.2, -0.15) is 0 Å². The lowest BCUT2D eigenvalue weighted by Crippen LogP contribution is -2.33. The summed E-state index contributed by atoms with van der Waals surface area (Å²) in [4.78, 5) is 7.31. The normalized spacial score (nSPS) is 20.3. The molecule has 2 aliphatic rings. The van der Waals surface area contributed by atoms with Gasteiger partial charge in [-0.05, 0) is 66.0 Å². The van der Waals surface area contributed by atoms with E-state index in [9.17, 15) is 0 Å². The lowest BCUT2D eigenvalue weighted by molar-refractivity contribution is 0.244. The number of fused-ring (bicyclic) bond motifs is 1. The number of hydrogen-bond acceptors (Lipinski definition) is 2. The van der Waals surface area contributed by atoms with Crippen molar-refractivity contribution < 1.29 is 0 Å². The van der Waals surface area contributed by atoms with E-state index in [4.69, 9.17) is 0 Å². The summed E-state index contributed by atoms with van der Waals surface area (Å²) in [5.41, 5.74) is 6.76. The van der Waals surface area contributed by atoms with Gasteiger partial charge in [-0.3, -0.25) is 9.88 Å². The first-order valence-corrected chi connectivity index (χ1v) is 10.9. The smallest absolute Gasteiger partial charge is 0.0702 e. The SMILES string of the molecule is C1=C(c2ccccc2)CCN(CC2CCC=C(c3cnc4ccccc4c3)C2)C1. The highest BCUT2D eigenvalue weighted by Crippen LogP contribution is 2.33. The van der Waals surface area contributed by atoms with E-state index in [2.05, 4.69) is 88.9 Å². The van der Waals surface area contributed by atoms with Crippen LogP contribution in [0, 0.1) is 5.92 Å². The molecule has 5 rings (SSSR count). The number of nitrogens with zero attached hydrogens (tertiary/aromatic N) is 2. The highest BCUT2D eigenvalue weighted by molar-refractivity contribution is 5.82. The summed E-state index contributed by atoms with van der Waals surface area (Å²) >= 11 is 0. The summed E-state index contributed by atoms with van der Waals surface area (Å²) < 4.78 is 0. The molecule has 146 valence electrons. The van der Waals surface area contributed by atoms with Gasteiger partial charge in [0.1, 0.15) is 0 Å².